The maximum atomic E-state index is 11.9. The SMILES string of the molecule is COc1ccc(C(=O)OCCCC(C)C)cc1S(=O)(=O)Cl. The lowest BCUT2D eigenvalue weighted by molar-refractivity contribution is 0.0494. The standard InChI is InChI=1S/C14H19ClO5S/c1-10(2)5-4-8-20-14(16)11-6-7-12(19-3)13(9-11)21(15,17)18/h6-7,9-10H,4-5,8H2,1-3H3. The van der Waals surface area contributed by atoms with Gasteiger partial charge in [0.2, 0.25) is 0 Å². The third-order valence-corrected chi connectivity index (χ3v) is 4.16. The highest BCUT2D eigenvalue weighted by atomic mass is 35.7. The molecule has 0 fully saturated rings. The fraction of sp³-hybridized carbons (Fsp3) is 0.500. The molecule has 1 aromatic carbocycles. The first-order valence-corrected chi connectivity index (χ1v) is 8.86. The maximum Gasteiger partial charge on any atom is 0.338 e. The number of halogens is 1. The predicted octanol–water partition coefficient (Wildman–Crippen LogP) is 3.22. The Bertz CT molecular complexity index is 595. The summed E-state index contributed by atoms with van der Waals surface area (Å²) in [5.74, 6) is 0.0435. The second-order valence-corrected chi connectivity index (χ2v) is 7.51. The summed E-state index contributed by atoms with van der Waals surface area (Å²) in [5.41, 5.74) is 0.125. The molecule has 0 aliphatic rings. The van der Waals surface area contributed by atoms with Crippen LogP contribution in [0.5, 0.6) is 5.75 Å². The number of methoxy groups -OCH3 is 1. The first kappa shape index (κ1) is 17.8. The smallest absolute Gasteiger partial charge is 0.338 e. The molecular weight excluding hydrogens is 316 g/mol. The minimum atomic E-state index is -4.00. The number of hydrogen-bond donors (Lipinski definition) is 0. The van der Waals surface area contributed by atoms with Gasteiger partial charge in [0.25, 0.3) is 9.05 Å². The molecule has 0 aromatic heterocycles. The molecule has 0 atom stereocenters. The highest BCUT2D eigenvalue weighted by Crippen LogP contribution is 2.28. The van der Waals surface area contributed by atoms with Gasteiger partial charge in [0.15, 0.2) is 0 Å². The van der Waals surface area contributed by atoms with Crippen LogP contribution < -0.4 is 4.74 Å². The van der Waals surface area contributed by atoms with Crippen molar-refractivity contribution in [1.29, 1.82) is 0 Å². The summed E-state index contributed by atoms with van der Waals surface area (Å²) in [6.45, 7) is 4.47. The van der Waals surface area contributed by atoms with Gasteiger partial charge in [-0.15, -0.1) is 0 Å². The summed E-state index contributed by atoms with van der Waals surface area (Å²) in [6.07, 6.45) is 1.72. The zero-order valence-corrected chi connectivity index (χ0v) is 13.8. The monoisotopic (exact) mass is 334 g/mol. The van der Waals surface area contributed by atoms with Crippen molar-refractivity contribution in [1.82, 2.24) is 0 Å². The van der Waals surface area contributed by atoms with Crippen LogP contribution in [-0.4, -0.2) is 28.1 Å². The van der Waals surface area contributed by atoms with Crippen LogP contribution in [-0.2, 0) is 13.8 Å². The van der Waals surface area contributed by atoms with Gasteiger partial charge in [-0.05, 0) is 37.0 Å². The van der Waals surface area contributed by atoms with Crippen LogP contribution in [0.3, 0.4) is 0 Å². The minimum absolute atomic E-state index is 0.0846. The van der Waals surface area contributed by atoms with Crippen molar-refractivity contribution < 1.29 is 22.7 Å². The first-order valence-electron chi connectivity index (χ1n) is 6.55. The van der Waals surface area contributed by atoms with Crippen molar-refractivity contribution in [3.05, 3.63) is 23.8 Å². The van der Waals surface area contributed by atoms with Crippen molar-refractivity contribution in [2.75, 3.05) is 13.7 Å². The van der Waals surface area contributed by atoms with Crippen LogP contribution >= 0.6 is 10.7 Å². The largest absolute Gasteiger partial charge is 0.495 e. The van der Waals surface area contributed by atoms with Gasteiger partial charge in [0, 0.05) is 10.7 Å². The highest BCUT2D eigenvalue weighted by Gasteiger charge is 2.20. The third kappa shape index (κ3) is 5.55. The molecule has 0 unspecified atom stereocenters. The van der Waals surface area contributed by atoms with E-state index in [0.29, 0.717) is 12.5 Å². The molecule has 0 bridgehead atoms. The van der Waals surface area contributed by atoms with E-state index in [0.717, 1.165) is 18.9 Å². The van der Waals surface area contributed by atoms with Gasteiger partial charge in [0.05, 0.1) is 19.3 Å². The molecule has 1 rings (SSSR count). The zero-order valence-electron chi connectivity index (χ0n) is 12.3. The summed E-state index contributed by atoms with van der Waals surface area (Å²) in [4.78, 5) is 11.6. The molecule has 7 heteroatoms. The number of carbonyl (C=O) groups excluding carboxylic acids is 1. The average molecular weight is 335 g/mol. The maximum absolute atomic E-state index is 11.9. The Kier molecular flexibility index (Phi) is 6.48. The van der Waals surface area contributed by atoms with E-state index in [1.807, 2.05) is 0 Å². The van der Waals surface area contributed by atoms with E-state index in [1.54, 1.807) is 0 Å². The molecule has 118 valence electrons. The van der Waals surface area contributed by atoms with Crippen LogP contribution in [0.2, 0.25) is 0 Å². The number of benzene rings is 1. The molecule has 0 heterocycles. The Balaban J connectivity index is 2.82. The Morgan fingerprint density at radius 3 is 2.52 bits per heavy atom. The molecule has 0 aliphatic heterocycles. The molecule has 0 saturated heterocycles. The van der Waals surface area contributed by atoms with E-state index < -0.39 is 15.0 Å². The van der Waals surface area contributed by atoms with Gasteiger partial charge in [0.1, 0.15) is 10.6 Å². The molecule has 0 saturated carbocycles. The van der Waals surface area contributed by atoms with Crippen molar-refractivity contribution in [2.24, 2.45) is 5.92 Å². The normalized spacial score (nSPS) is 11.5. The lowest BCUT2D eigenvalue weighted by Crippen LogP contribution is -2.08. The van der Waals surface area contributed by atoms with Crippen molar-refractivity contribution in [3.63, 3.8) is 0 Å². The predicted molar refractivity (Wildman–Crippen MR) is 80.4 cm³/mol. The van der Waals surface area contributed by atoms with Crippen molar-refractivity contribution in [2.45, 2.75) is 31.6 Å². The zero-order chi connectivity index (χ0) is 16.0. The van der Waals surface area contributed by atoms with E-state index in [2.05, 4.69) is 13.8 Å². The summed E-state index contributed by atoms with van der Waals surface area (Å²) in [7, 11) is 2.65. The fourth-order valence-corrected chi connectivity index (χ4v) is 2.76. The van der Waals surface area contributed by atoms with E-state index in [1.165, 1.54) is 19.2 Å². The Morgan fingerprint density at radius 1 is 1.33 bits per heavy atom. The molecule has 0 aliphatic carbocycles. The second kappa shape index (κ2) is 7.66. The second-order valence-electron chi connectivity index (χ2n) is 4.98. The quantitative estimate of drug-likeness (QED) is 0.435. The molecule has 21 heavy (non-hydrogen) atoms. The summed E-state index contributed by atoms with van der Waals surface area (Å²) >= 11 is 0. The third-order valence-electron chi connectivity index (χ3n) is 2.82. The Labute approximate surface area is 129 Å². The summed E-state index contributed by atoms with van der Waals surface area (Å²) in [5, 5.41) is 0. The van der Waals surface area contributed by atoms with E-state index in [9.17, 15) is 13.2 Å². The molecular formula is C14H19ClO5S. The van der Waals surface area contributed by atoms with Crippen LogP contribution in [0, 0.1) is 5.92 Å². The van der Waals surface area contributed by atoms with E-state index in [4.69, 9.17) is 20.2 Å². The van der Waals surface area contributed by atoms with Gasteiger partial charge >= 0.3 is 5.97 Å². The van der Waals surface area contributed by atoms with Crippen molar-refractivity contribution >= 4 is 25.7 Å². The van der Waals surface area contributed by atoms with Crippen LogP contribution in [0.4, 0.5) is 0 Å². The van der Waals surface area contributed by atoms with Gasteiger partial charge in [-0.3, -0.25) is 0 Å². The van der Waals surface area contributed by atoms with E-state index >= 15 is 0 Å². The lowest BCUT2D eigenvalue weighted by atomic mass is 10.1. The Hall–Kier alpha value is -1.27. The highest BCUT2D eigenvalue weighted by molar-refractivity contribution is 8.13. The molecule has 1 aromatic rings. The van der Waals surface area contributed by atoms with Gasteiger partial charge < -0.3 is 9.47 Å². The number of ether oxygens (including phenoxy) is 2. The first-order chi connectivity index (χ1) is 9.75. The Morgan fingerprint density at radius 2 is 2.00 bits per heavy atom. The average Bonchev–Trinajstić information content (AvgIpc) is 2.41. The topological polar surface area (TPSA) is 69.7 Å². The number of hydrogen-bond acceptors (Lipinski definition) is 5. The van der Waals surface area contributed by atoms with Gasteiger partial charge in [-0.2, -0.15) is 0 Å². The molecule has 0 spiro atoms. The molecule has 0 N–H and O–H groups in total. The van der Waals surface area contributed by atoms with Gasteiger partial charge in [-0.1, -0.05) is 13.8 Å². The summed E-state index contributed by atoms with van der Waals surface area (Å²) in [6, 6.07) is 3.97. The van der Waals surface area contributed by atoms with Crippen LogP contribution in [0.15, 0.2) is 23.1 Å². The molecule has 0 amide bonds. The fourth-order valence-electron chi connectivity index (χ4n) is 1.73. The number of rotatable bonds is 7. The molecule has 0 radical (unpaired) electrons. The molecule has 5 nitrogen and oxygen atoms in total. The van der Waals surface area contributed by atoms with Crippen LogP contribution in [0.25, 0.3) is 0 Å². The number of esters is 1. The number of carbonyl (C=O) groups is 1. The lowest BCUT2D eigenvalue weighted by Gasteiger charge is -2.09. The summed E-state index contributed by atoms with van der Waals surface area (Å²) < 4.78 is 32.9. The minimum Gasteiger partial charge on any atom is -0.495 e. The van der Waals surface area contributed by atoms with Gasteiger partial charge in [-0.25, -0.2) is 13.2 Å². The van der Waals surface area contributed by atoms with E-state index in [-0.39, 0.29) is 16.2 Å². The van der Waals surface area contributed by atoms with Crippen LogP contribution in [0.1, 0.15) is 37.0 Å². The van der Waals surface area contributed by atoms with Crippen molar-refractivity contribution in [3.8, 4) is 5.75 Å².